The maximum atomic E-state index is 5.70. The van der Waals surface area contributed by atoms with Crippen LogP contribution in [0.15, 0.2) is 36.5 Å². The van der Waals surface area contributed by atoms with Gasteiger partial charge < -0.3 is 10.5 Å². The van der Waals surface area contributed by atoms with Gasteiger partial charge in [-0.2, -0.15) is 0 Å². The van der Waals surface area contributed by atoms with E-state index in [0.29, 0.717) is 0 Å². The van der Waals surface area contributed by atoms with Crippen LogP contribution in [0.1, 0.15) is 25.1 Å². The van der Waals surface area contributed by atoms with E-state index in [2.05, 4.69) is 4.98 Å². The van der Waals surface area contributed by atoms with Crippen LogP contribution in [0, 0.1) is 13.8 Å². The fourth-order valence-corrected chi connectivity index (χ4v) is 1.43. The van der Waals surface area contributed by atoms with E-state index in [4.69, 9.17) is 10.5 Å². The van der Waals surface area contributed by atoms with Crippen molar-refractivity contribution >= 4 is 5.69 Å². The molecule has 0 saturated heterocycles. The first kappa shape index (κ1) is 14.0. The van der Waals surface area contributed by atoms with Crippen LogP contribution >= 0.6 is 0 Å². The number of ether oxygens (including phenoxy) is 1. The monoisotopic (exact) mass is 244 g/mol. The third-order valence-electron chi connectivity index (χ3n) is 2.31. The van der Waals surface area contributed by atoms with E-state index in [-0.39, 0.29) is 0 Å². The molecule has 0 amide bonds. The van der Waals surface area contributed by atoms with Crippen LogP contribution in [0.3, 0.4) is 0 Å². The molecular formula is C15H20N2O. The Morgan fingerprint density at radius 2 is 1.78 bits per heavy atom. The largest absolute Gasteiger partial charge is 0.455 e. The van der Waals surface area contributed by atoms with Gasteiger partial charge in [0.25, 0.3) is 0 Å². The summed E-state index contributed by atoms with van der Waals surface area (Å²) < 4.78 is 5.70. The minimum Gasteiger partial charge on any atom is -0.455 e. The zero-order valence-electron chi connectivity index (χ0n) is 11.4. The summed E-state index contributed by atoms with van der Waals surface area (Å²) in [7, 11) is 0. The molecule has 0 bridgehead atoms. The minimum atomic E-state index is 0.735. The van der Waals surface area contributed by atoms with Crippen LogP contribution in [0.2, 0.25) is 0 Å². The maximum Gasteiger partial charge on any atom is 0.145 e. The van der Waals surface area contributed by atoms with Crippen molar-refractivity contribution in [3.8, 4) is 11.5 Å². The predicted molar refractivity (Wildman–Crippen MR) is 76.0 cm³/mol. The quantitative estimate of drug-likeness (QED) is 0.809. The van der Waals surface area contributed by atoms with Gasteiger partial charge in [-0.3, -0.25) is 4.98 Å². The second-order valence-electron chi connectivity index (χ2n) is 3.76. The smallest absolute Gasteiger partial charge is 0.145 e. The first-order valence-electron chi connectivity index (χ1n) is 6.12. The fourth-order valence-electron chi connectivity index (χ4n) is 1.43. The molecule has 1 aromatic heterocycles. The van der Waals surface area contributed by atoms with Crippen molar-refractivity contribution in [2.24, 2.45) is 0 Å². The van der Waals surface area contributed by atoms with Gasteiger partial charge in [-0.15, -0.1) is 0 Å². The van der Waals surface area contributed by atoms with Crippen LogP contribution in [0.5, 0.6) is 11.5 Å². The molecule has 0 spiro atoms. The zero-order valence-corrected chi connectivity index (χ0v) is 11.4. The van der Waals surface area contributed by atoms with Gasteiger partial charge in [-0.1, -0.05) is 13.8 Å². The number of nitrogens with two attached hydrogens (primary N) is 1. The molecule has 0 saturated carbocycles. The van der Waals surface area contributed by atoms with E-state index < -0.39 is 0 Å². The van der Waals surface area contributed by atoms with Crippen LogP contribution in [0.25, 0.3) is 0 Å². The normalized spacial score (nSPS) is 9.33. The Hall–Kier alpha value is -2.03. The molecule has 18 heavy (non-hydrogen) atoms. The van der Waals surface area contributed by atoms with Crippen LogP contribution in [-0.4, -0.2) is 4.98 Å². The van der Waals surface area contributed by atoms with Crippen LogP contribution < -0.4 is 10.5 Å². The Balaban J connectivity index is 0.000000771. The van der Waals surface area contributed by atoms with Crippen molar-refractivity contribution in [2.45, 2.75) is 27.7 Å². The summed E-state index contributed by atoms with van der Waals surface area (Å²) >= 11 is 0. The van der Waals surface area contributed by atoms with Gasteiger partial charge in [0, 0.05) is 11.4 Å². The number of nitrogens with zero attached hydrogens (tertiary/aromatic N) is 1. The fraction of sp³-hybridized carbons (Fsp3) is 0.267. The standard InChI is InChI=1S/C13H14N2O.C2H6/c1-9-7-11(14)4-6-13(9)16-12-5-3-10(2)15-8-12;1-2/h3-8H,14H2,1-2H3;1-2H3. The molecule has 0 unspecified atom stereocenters. The van der Waals surface area contributed by atoms with Crippen molar-refractivity contribution in [1.29, 1.82) is 0 Å². The lowest BCUT2D eigenvalue weighted by Gasteiger charge is -2.08. The van der Waals surface area contributed by atoms with Crippen molar-refractivity contribution in [1.82, 2.24) is 4.98 Å². The molecule has 2 N–H and O–H groups in total. The molecule has 0 aliphatic heterocycles. The van der Waals surface area contributed by atoms with E-state index in [1.807, 2.05) is 58.0 Å². The second-order valence-corrected chi connectivity index (χ2v) is 3.76. The second kappa shape index (κ2) is 6.64. The third-order valence-corrected chi connectivity index (χ3v) is 2.31. The summed E-state index contributed by atoms with van der Waals surface area (Å²) in [4.78, 5) is 4.17. The average molecular weight is 244 g/mol. The van der Waals surface area contributed by atoms with Crippen molar-refractivity contribution in [2.75, 3.05) is 5.73 Å². The number of benzene rings is 1. The highest BCUT2D eigenvalue weighted by atomic mass is 16.5. The SMILES string of the molecule is CC.Cc1ccc(Oc2ccc(N)cc2C)cn1. The zero-order chi connectivity index (χ0) is 13.5. The molecule has 3 heteroatoms. The van der Waals surface area contributed by atoms with Gasteiger partial charge in [0.1, 0.15) is 11.5 Å². The predicted octanol–water partition coefficient (Wildman–Crippen LogP) is 4.10. The van der Waals surface area contributed by atoms with Gasteiger partial charge in [0.05, 0.1) is 6.20 Å². The third kappa shape index (κ3) is 3.77. The van der Waals surface area contributed by atoms with Gasteiger partial charge in [0.15, 0.2) is 0 Å². The van der Waals surface area contributed by atoms with Gasteiger partial charge >= 0.3 is 0 Å². The first-order valence-corrected chi connectivity index (χ1v) is 6.12. The van der Waals surface area contributed by atoms with E-state index in [1.54, 1.807) is 6.20 Å². The van der Waals surface area contributed by atoms with Crippen molar-refractivity contribution in [3.63, 3.8) is 0 Å². The lowest BCUT2D eigenvalue weighted by molar-refractivity contribution is 0.476. The lowest BCUT2D eigenvalue weighted by Crippen LogP contribution is -1.91. The first-order chi connectivity index (χ1) is 8.65. The Morgan fingerprint density at radius 1 is 1.06 bits per heavy atom. The van der Waals surface area contributed by atoms with Crippen molar-refractivity contribution in [3.05, 3.63) is 47.8 Å². The number of anilines is 1. The molecule has 0 atom stereocenters. The minimum absolute atomic E-state index is 0.735. The highest BCUT2D eigenvalue weighted by molar-refractivity contribution is 5.48. The summed E-state index contributed by atoms with van der Waals surface area (Å²) in [6, 6.07) is 9.39. The molecule has 2 rings (SSSR count). The number of hydrogen-bond donors (Lipinski definition) is 1. The molecular weight excluding hydrogens is 224 g/mol. The number of nitrogen functional groups attached to an aromatic ring is 1. The number of rotatable bonds is 2. The average Bonchev–Trinajstić information content (AvgIpc) is 2.38. The molecule has 1 aromatic carbocycles. The summed E-state index contributed by atoms with van der Waals surface area (Å²) in [6.45, 7) is 7.91. The molecule has 0 aliphatic carbocycles. The highest BCUT2D eigenvalue weighted by Crippen LogP contribution is 2.25. The summed E-state index contributed by atoms with van der Waals surface area (Å²) in [5, 5.41) is 0. The molecule has 2 aromatic rings. The van der Waals surface area contributed by atoms with Crippen molar-refractivity contribution < 1.29 is 4.74 Å². The molecule has 0 fully saturated rings. The molecule has 96 valence electrons. The molecule has 0 aliphatic rings. The number of aryl methyl sites for hydroxylation is 2. The van der Waals surface area contributed by atoms with Gasteiger partial charge in [-0.25, -0.2) is 0 Å². The Labute approximate surface area is 109 Å². The Kier molecular flexibility index (Phi) is 5.18. The van der Waals surface area contributed by atoms with E-state index in [1.165, 1.54) is 0 Å². The number of hydrogen-bond acceptors (Lipinski definition) is 3. The lowest BCUT2D eigenvalue weighted by atomic mass is 10.2. The summed E-state index contributed by atoms with van der Waals surface area (Å²) in [6.07, 6.45) is 1.71. The summed E-state index contributed by atoms with van der Waals surface area (Å²) in [5.74, 6) is 1.54. The topological polar surface area (TPSA) is 48.1 Å². The molecule has 3 nitrogen and oxygen atoms in total. The Morgan fingerprint density at radius 3 is 2.33 bits per heavy atom. The van der Waals surface area contributed by atoms with Crippen LogP contribution in [-0.2, 0) is 0 Å². The Bertz CT molecular complexity index is 492. The van der Waals surface area contributed by atoms with E-state index in [9.17, 15) is 0 Å². The maximum absolute atomic E-state index is 5.70. The van der Waals surface area contributed by atoms with E-state index >= 15 is 0 Å². The molecule has 0 radical (unpaired) electrons. The number of pyridine rings is 1. The number of aromatic nitrogens is 1. The molecule has 1 heterocycles. The van der Waals surface area contributed by atoms with Crippen LogP contribution in [0.4, 0.5) is 5.69 Å². The van der Waals surface area contributed by atoms with Gasteiger partial charge in [-0.05, 0) is 49.7 Å². The van der Waals surface area contributed by atoms with E-state index in [0.717, 1.165) is 28.4 Å². The summed E-state index contributed by atoms with van der Waals surface area (Å²) in [5.41, 5.74) is 8.40. The van der Waals surface area contributed by atoms with Gasteiger partial charge in [0.2, 0.25) is 0 Å². The highest BCUT2D eigenvalue weighted by Gasteiger charge is 2.01.